The zero-order chi connectivity index (χ0) is 23.7. The predicted molar refractivity (Wildman–Crippen MR) is 129 cm³/mol. The van der Waals surface area contributed by atoms with E-state index in [1.165, 1.54) is 7.11 Å². The number of fused-ring (bicyclic) bond motifs is 2. The smallest absolute Gasteiger partial charge is 0.308 e. The van der Waals surface area contributed by atoms with Crippen LogP contribution in [-0.4, -0.2) is 34.6 Å². The van der Waals surface area contributed by atoms with Crippen molar-refractivity contribution >= 4 is 33.9 Å². The molecule has 7 nitrogen and oxygen atoms in total. The molecule has 176 valence electrons. The lowest BCUT2D eigenvalue weighted by Crippen LogP contribution is -2.40. The van der Waals surface area contributed by atoms with Crippen LogP contribution in [0.1, 0.15) is 48.8 Å². The molecule has 3 aromatic heterocycles. The highest BCUT2D eigenvalue weighted by Crippen LogP contribution is 2.32. The first-order valence-corrected chi connectivity index (χ1v) is 11.8. The summed E-state index contributed by atoms with van der Waals surface area (Å²) >= 11 is 0. The highest BCUT2D eigenvalue weighted by atomic mass is 16.5. The van der Waals surface area contributed by atoms with Crippen molar-refractivity contribution in [2.45, 2.75) is 45.2 Å². The van der Waals surface area contributed by atoms with Crippen LogP contribution < -0.4 is 5.32 Å². The highest BCUT2D eigenvalue weighted by molar-refractivity contribution is 5.97. The van der Waals surface area contributed by atoms with E-state index in [4.69, 9.17) is 14.1 Å². The highest BCUT2D eigenvalue weighted by Gasteiger charge is 2.30. The van der Waals surface area contributed by atoms with E-state index < -0.39 is 0 Å². The van der Waals surface area contributed by atoms with Crippen molar-refractivity contribution in [3.05, 3.63) is 66.2 Å². The Labute approximate surface area is 198 Å². The van der Waals surface area contributed by atoms with Gasteiger partial charge in [0.05, 0.1) is 42.6 Å². The summed E-state index contributed by atoms with van der Waals surface area (Å²) in [6, 6.07) is 15.7. The molecule has 0 aliphatic heterocycles. The zero-order valence-electron chi connectivity index (χ0n) is 19.5. The number of furan rings is 1. The number of pyridine rings is 1. The van der Waals surface area contributed by atoms with Crippen molar-refractivity contribution in [1.29, 1.82) is 0 Å². The number of carbonyl (C=O) groups is 2. The molecule has 1 aliphatic rings. The molecule has 1 amide bonds. The molecule has 0 bridgehead atoms. The van der Waals surface area contributed by atoms with E-state index in [9.17, 15) is 9.59 Å². The maximum atomic E-state index is 13.3. The van der Waals surface area contributed by atoms with Gasteiger partial charge < -0.3 is 19.0 Å². The summed E-state index contributed by atoms with van der Waals surface area (Å²) in [5, 5.41) is 4.28. The summed E-state index contributed by atoms with van der Waals surface area (Å²) in [4.78, 5) is 29.9. The van der Waals surface area contributed by atoms with Crippen molar-refractivity contribution in [2.75, 3.05) is 7.11 Å². The van der Waals surface area contributed by atoms with Gasteiger partial charge in [-0.15, -0.1) is 0 Å². The Bertz CT molecular complexity index is 1330. The van der Waals surface area contributed by atoms with E-state index in [0.29, 0.717) is 23.7 Å². The minimum absolute atomic E-state index is 0.000424. The van der Waals surface area contributed by atoms with Crippen LogP contribution in [0.3, 0.4) is 0 Å². The van der Waals surface area contributed by atoms with Crippen LogP contribution in [0.5, 0.6) is 0 Å². The first kappa shape index (κ1) is 22.2. The van der Waals surface area contributed by atoms with Gasteiger partial charge >= 0.3 is 5.97 Å². The van der Waals surface area contributed by atoms with Gasteiger partial charge in [-0.2, -0.15) is 0 Å². The first-order chi connectivity index (χ1) is 16.5. The normalized spacial score (nSPS) is 19.2. The summed E-state index contributed by atoms with van der Waals surface area (Å²) < 4.78 is 12.5. The maximum Gasteiger partial charge on any atom is 0.308 e. The Hall–Kier alpha value is -3.61. The van der Waals surface area contributed by atoms with Crippen molar-refractivity contribution < 1.29 is 18.7 Å². The number of esters is 1. The average molecular weight is 460 g/mol. The van der Waals surface area contributed by atoms with Gasteiger partial charge in [0.1, 0.15) is 5.69 Å². The number of hydrogen-bond donors (Lipinski definition) is 1. The third-order valence-corrected chi connectivity index (χ3v) is 7.10. The molecule has 1 N–H and O–H groups in total. The number of ether oxygens (including phenoxy) is 1. The lowest BCUT2D eigenvalue weighted by molar-refractivity contribution is -0.146. The van der Waals surface area contributed by atoms with Crippen LogP contribution in [0.2, 0.25) is 0 Å². The van der Waals surface area contributed by atoms with E-state index in [1.807, 2.05) is 47.9 Å². The van der Waals surface area contributed by atoms with E-state index in [0.717, 1.165) is 47.8 Å². The maximum absolute atomic E-state index is 13.3. The molecular weight excluding hydrogens is 430 g/mol. The Kier molecular flexibility index (Phi) is 6.09. The molecule has 34 heavy (non-hydrogen) atoms. The summed E-state index contributed by atoms with van der Waals surface area (Å²) in [5.41, 5.74) is 3.90. The lowest BCUT2D eigenvalue weighted by Gasteiger charge is -2.31. The third-order valence-electron chi connectivity index (χ3n) is 7.10. The molecule has 1 fully saturated rings. The number of carbonyl (C=O) groups excluding carboxylic acids is 2. The predicted octanol–water partition coefficient (Wildman–Crippen LogP) is 4.93. The summed E-state index contributed by atoms with van der Waals surface area (Å²) in [7, 11) is 1.44. The van der Waals surface area contributed by atoms with Crippen molar-refractivity contribution in [1.82, 2.24) is 14.9 Å². The van der Waals surface area contributed by atoms with Gasteiger partial charge in [-0.3, -0.25) is 14.6 Å². The fourth-order valence-corrected chi connectivity index (χ4v) is 5.11. The SMILES string of the molecule is COC(=O)C1CCC(C(C)NC(=O)c2cc3occc3n2Cc2ccc3ccccc3n2)CC1. The van der Waals surface area contributed by atoms with Crippen molar-refractivity contribution in [3.8, 4) is 0 Å². The molecule has 5 rings (SSSR count). The topological polar surface area (TPSA) is 86.4 Å². The summed E-state index contributed by atoms with van der Waals surface area (Å²) in [6.45, 7) is 2.51. The largest absolute Gasteiger partial charge is 0.469 e. The summed E-state index contributed by atoms with van der Waals surface area (Å²) in [5.74, 6) is 0.0498. The number of hydrogen-bond acceptors (Lipinski definition) is 5. The van der Waals surface area contributed by atoms with Gasteiger partial charge in [0.2, 0.25) is 0 Å². The van der Waals surface area contributed by atoms with Gasteiger partial charge in [0.15, 0.2) is 5.58 Å². The Morgan fingerprint density at radius 3 is 2.74 bits per heavy atom. The minimum Gasteiger partial charge on any atom is -0.469 e. The Morgan fingerprint density at radius 1 is 1.15 bits per heavy atom. The average Bonchev–Trinajstić information content (AvgIpc) is 3.46. The van der Waals surface area contributed by atoms with Crippen molar-refractivity contribution in [2.24, 2.45) is 11.8 Å². The monoisotopic (exact) mass is 459 g/mol. The molecule has 0 saturated heterocycles. The molecule has 1 atom stereocenters. The molecule has 3 heterocycles. The number of aromatic nitrogens is 2. The second-order valence-corrected chi connectivity index (χ2v) is 9.18. The molecule has 0 radical (unpaired) electrons. The lowest BCUT2D eigenvalue weighted by atomic mass is 9.79. The molecular formula is C27H29N3O4. The van der Waals surface area contributed by atoms with Crippen LogP contribution >= 0.6 is 0 Å². The Balaban J connectivity index is 1.33. The number of benzene rings is 1. The summed E-state index contributed by atoms with van der Waals surface area (Å²) in [6.07, 6.45) is 5.03. The van der Waals surface area contributed by atoms with E-state index >= 15 is 0 Å². The fraction of sp³-hybridized carbons (Fsp3) is 0.370. The third kappa shape index (κ3) is 4.30. The number of amides is 1. The zero-order valence-corrected chi connectivity index (χ0v) is 19.5. The Morgan fingerprint density at radius 2 is 1.94 bits per heavy atom. The number of para-hydroxylation sites is 1. The molecule has 1 saturated carbocycles. The second kappa shape index (κ2) is 9.33. The number of rotatable bonds is 6. The molecule has 1 unspecified atom stereocenters. The van der Waals surface area contributed by atoms with Crippen LogP contribution in [0, 0.1) is 11.8 Å². The first-order valence-electron chi connectivity index (χ1n) is 11.8. The van der Waals surface area contributed by atoms with E-state index in [1.54, 1.807) is 12.3 Å². The van der Waals surface area contributed by atoms with Crippen LogP contribution in [0.25, 0.3) is 22.0 Å². The van der Waals surface area contributed by atoms with E-state index in [2.05, 4.69) is 11.4 Å². The van der Waals surface area contributed by atoms with Crippen LogP contribution in [0.15, 0.2) is 59.2 Å². The second-order valence-electron chi connectivity index (χ2n) is 9.18. The van der Waals surface area contributed by atoms with Gasteiger partial charge in [0, 0.05) is 23.6 Å². The molecule has 1 aliphatic carbocycles. The standard InChI is InChI=1S/C27H29N3O4/c1-17(18-7-9-20(10-8-18)27(32)33-2)28-26(31)24-15-25-23(13-14-34-25)30(24)16-21-12-11-19-5-3-4-6-22(19)29-21/h3-6,11-15,17-18,20H,7-10,16H2,1-2H3,(H,28,31). The fourth-order valence-electron chi connectivity index (χ4n) is 5.11. The minimum atomic E-state index is -0.130. The quantitative estimate of drug-likeness (QED) is 0.413. The van der Waals surface area contributed by atoms with Crippen LogP contribution in [-0.2, 0) is 16.1 Å². The van der Waals surface area contributed by atoms with Gasteiger partial charge in [-0.25, -0.2) is 0 Å². The molecule has 1 aromatic carbocycles. The molecule has 0 spiro atoms. The number of nitrogens with one attached hydrogen (secondary N) is 1. The van der Waals surface area contributed by atoms with Gasteiger partial charge in [-0.1, -0.05) is 24.3 Å². The molecule has 7 heteroatoms. The number of methoxy groups -OCH3 is 1. The van der Waals surface area contributed by atoms with Crippen LogP contribution in [0.4, 0.5) is 0 Å². The van der Waals surface area contributed by atoms with Crippen molar-refractivity contribution in [3.63, 3.8) is 0 Å². The van der Waals surface area contributed by atoms with Gasteiger partial charge in [-0.05, 0) is 50.7 Å². The van der Waals surface area contributed by atoms with Gasteiger partial charge in [0.25, 0.3) is 5.91 Å². The molecule has 4 aromatic rings. The number of nitrogens with zero attached hydrogens (tertiary/aromatic N) is 2. The van der Waals surface area contributed by atoms with E-state index in [-0.39, 0.29) is 23.8 Å².